The minimum atomic E-state index is -0.441. The smallest absolute Gasteiger partial charge is 0.338 e. The molecule has 3 aromatic carbocycles. The number of hydrogen-bond donors (Lipinski definition) is 1. The van der Waals surface area contributed by atoms with Gasteiger partial charge < -0.3 is 14.5 Å². The summed E-state index contributed by atoms with van der Waals surface area (Å²) in [5.41, 5.74) is 4.10. The van der Waals surface area contributed by atoms with Gasteiger partial charge in [-0.25, -0.2) is 4.79 Å². The van der Waals surface area contributed by atoms with E-state index in [1.807, 2.05) is 30.3 Å². The van der Waals surface area contributed by atoms with E-state index in [1.165, 1.54) is 21.8 Å². The number of hydrogen-bond acceptors (Lipinski definition) is 8. The lowest BCUT2D eigenvalue weighted by Crippen LogP contribution is -2.42. The number of amides is 2. The Bertz CT molecular complexity index is 1930. The Kier molecular flexibility index (Phi) is 7.17. The average molecular weight is 653 g/mol. The normalized spacial score (nSPS) is 27.3. The van der Waals surface area contributed by atoms with E-state index >= 15 is 0 Å². The molecule has 4 aromatic rings. The van der Waals surface area contributed by atoms with E-state index < -0.39 is 17.8 Å². The number of aromatic amines is 1. The second kappa shape index (κ2) is 11.3. The Hall–Kier alpha value is -4.15. The number of carbonyl (C=O) groups is 3. The molecule has 8 nitrogen and oxygen atoms in total. The first kappa shape index (κ1) is 29.3. The number of imide groups is 1. The van der Waals surface area contributed by atoms with Crippen molar-refractivity contribution in [3.05, 3.63) is 110 Å². The van der Waals surface area contributed by atoms with Crippen LogP contribution >= 0.6 is 23.1 Å². The van der Waals surface area contributed by atoms with E-state index in [-0.39, 0.29) is 52.2 Å². The Morgan fingerprint density at radius 1 is 0.957 bits per heavy atom. The fourth-order valence-electron chi connectivity index (χ4n) is 8.41. The molecule has 4 aliphatic rings. The molecule has 0 spiro atoms. The molecule has 2 aliphatic heterocycles. The Morgan fingerprint density at radius 3 is 2.48 bits per heavy atom. The van der Waals surface area contributed by atoms with Gasteiger partial charge in [0.1, 0.15) is 12.4 Å². The van der Waals surface area contributed by atoms with E-state index in [0.29, 0.717) is 17.9 Å². The number of benzene rings is 3. The molecule has 1 aromatic heterocycles. The summed E-state index contributed by atoms with van der Waals surface area (Å²) in [6.45, 7) is 4.48. The number of aromatic nitrogens is 1. The van der Waals surface area contributed by atoms with E-state index in [9.17, 15) is 19.2 Å². The van der Waals surface area contributed by atoms with E-state index in [1.54, 1.807) is 43.0 Å². The number of para-hydroxylation sites is 1. The van der Waals surface area contributed by atoms with Gasteiger partial charge in [-0.2, -0.15) is 0 Å². The van der Waals surface area contributed by atoms with Gasteiger partial charge in [-0.05, 0) is 73.9 Å². The van der Waals surface area contributed by atoms with Gasteiger partial charge in [0.05, 0.1) is 34.7 Å². The number of nitrogens with one attached hydrogen (secondary N) is 1. The highest BCUT2D eigenvalue weighted by atomic mass is 32.2. The van der Waals surface area contributed by atoms with Crippen molar-refractivity contribution in [2.45, 2.75) is 43.1 Å². The van der Waals surface area contributed by atoms with Crippen molar-refractivity contribution in [3.8, 4) is 5.75 Å². The first-order valence-corrected chi connectivity index (χ1v) is 17.4. The number of ether oxygens (including phenoxy) is 2. The molecular weight excluding hydrogens is 621 g/mol. The predicted molar refractivity (Wildman–Crippen MR) is 175 cm³/mol. The molecule has 3 heterocycles. The van der Waals surface area contributed by atoms with Crippen LogP contribution in [-0.4, -0.2) is 34.6 Å². The number of thioether (sulfide) groups is 1. The van der Waals surface area contributed by atoms with Crippen LogP contribution in [0.15, 0.2) is 82.6 Å². The molecule has 3 fully saturated rings. The molecule has 2 amide bonds. The van der Waals surface area contributed by atoms with Crippen LogP contribution in [-0.2, 0) is 20.9 Å². The van der Waals surface area contributed by atoms with E-state index in [2.05, 4.69) is 30.1 Å². The molecule has 234 valence electrons. The maximum absolute atomic E-state index is 14.2. The lowest BCUT2D eigenvalue weighted by molar-refractivity contribution is -0.123. The highest BCUT2D eigenvalue weighted by Crippen LogP contribution is 2.69. The summed E-state index contributed by atoms with van der Waals surface area (Å²) >= 11 is 2.91. The number of aryl methyl sites for hydroxylation is 1. The fraction of sp³-hybridized carbons (Fsp3) is 0.333. The minimum absolute atomic E-state index is 0.00434. The minimum Gasteiger partial charge on any atom is -0.489 e. The van der Waals surface area contributed by atoms with Crippen LogP contribution in [0.3, 0.4) is 0 Å². The van der Waals surface area contributed by atoms with Gasteiger partial charge >= 0.3 is 10.8 Å². The first-order chi connectivity index (χ1) is 22.3. The van der Waals surface area contributed by atoms with Crippen molar-refractivity contribution in [2.75, 3.05) is 11.5 Å². The van der Waals surface area contributed by atoms with Crippen molar-refractivity contribution >= 4 is 46.6 Å². The number of H-pyrrole nitrogens is 1. The molecule has 8 rings (SSSR count). The Labute approximate surface area is 274 Å². The molecule has 0 radical (unpaired) electrons. The maximum Gasteiger partial charge on any atom is 0.338 e. The monoisotopic (exact) mass is 652 g/mol. The van der Waals surface area contributed by atoms with Crippen LogP contribution in [0, 0.1) is 36.5 Å². The predicted octanol–water partition coefficient (Wildman–Crippen LogP) is 6.18. The lowest BCUT2D eigenvalue weighted by Gasteiger charge is -2.43. The average Bonchev–Trinajstić information content (AvgIpc) is 3.79. The van der Waals surface area contributed by atoms with Crippen LogP contribution in [0.1, 0.15) is 51.2 Å². The second-order valence-electron chi connectivity index (χ2n) is 12.6. The summed E-state index contributed by atoms with van der Waals surface area (Å²) in [5, 5.41) is 0.934. The van der Waals surface area contributed by atoms with Crippen LogP contribution in [0.25, 0.3) is 0 Å². The third kappa shape index (κ3) is 4.56. The van der Waals surface area contributed by atoms with Crippen LogP contribution in [0.4, 0.5) is 5.69 Å². The van der Waals surface area contributed by atoms with E-state index in [4.69, 9.17) is 9.47 Å². The maximum atomic E-state index is 14.2. The molecule has 7 atom stereocenters. The molecule has 10 heteroatoms. The molecule has 1 N–H and O–H groups in total. The third-order valence-electron chi connectivity index (χ3n) is 10.1. The van der Waals surface area contributed by atoms with Crippen LogP contribution < -0.4 is 14.5 Å². The van der Waals surface area contributed by atoms with E-state index in [0.717, 1.165) is 33.2 Å². The fourth-order valence-corrected chi connectivity index (χ4v) is 11.3. The number of carbonyl (C=O) groups excluding carboxylic acids is 3. The lowest BCUT2D eigenvalue weighted by atomic mass is 9.68. The number of rotatable bonds is 7. The zero-order valence-electron chi connectivity index (χ0n) is 25.3. The topological polar surface area (TPSA) is 106 Å². The van der Waals surface area contributed by atoms with Crippen molar-refractivity contribution < 1.29 is 23.9 Å². The molecule has 2 aliphatic carbocycles. The Morgan fingerprint density at radius 2 is 1.72 bits per heavy atom. The van der Waals surface area contributed by atoms with Crippen molar-refractivity contribution in [3.63, 3.8) is 0 Å². The van der Waals surface area contributed by atoms with Gasteiger partial charge in [0.25, 0.3) is 0 Å². The van der Waals surface area contributed by atoms with Gasteiger partial charge in [-0.1, -0.05) is 59.4 Å². The van der Waals surface area contributed by atoms with Gasteiger partial charge in [0, 0.05) is 21.6 Å². The molecule has 2 bridgehead atoms. The standard InChI is InChI=1S/C36H32N2O6S2/c1-3-43-35(41)20-11-13-21(14-12-20)38-33(39)28-23-16-24(29(28)34(38)40)30-27(23)26(31-32(45-30)37-36(42)46-31)22-9-4-5-10-25(22)44-17-19-8-6-7-18(2)15-19/h4-15,23-24,26-30H,3,16-17H2,1-2H3,(H,37,42)/t23-,24-,26?,27?,28?,29?,30?/m1/s1. The second-order valence-corrected chi connectivity index (χ2v) is 14.8. The van der Waals surface area contributed by atoms with Gasteiger partial charge in [0.15, 0.2) is 0 Å². The summed E-state index contributed by atoms with van der Waals surface area (Å²) in [6.07, 6.45) is 0.798. The van der Waals surface area contributed by atoms with Crippen molar-refractivity contribution in [1.29, 1.82) is 0 Å². The number of fused-ring (bicyclic) bond motifs is 9. The van der Waals surface area contributed by atoms with Crippen molar-refractivity contribution in [1.82, 2.24) is 4.98 Å². The number of esters is 1. The highest BCUT2D eigenvalue weighted by molar-refractivity contribution is 8.00. The van der Waals surface area contributed by atoms with Gasteiger partial charge in [-0.15, -0.1) is 11.8 Å². The Balaban J connectivity index is 1.14. The molecule has 2 saturated carbocycles. The molecule has 5 unspecified atom stereocenters. The van der Waals surface area contributed by atoms with Gasteiger partial charge in [-0.3, -0.25) is 19.3 Å². The van der Waals surface area contributed by atoms with Crippen LogP contribution in [0.2, 0.25) is 0 Å². The molecular formula is C36H32N2O6S2. The van der Waals surface area contributed by atoms with Crippen molar-refractivity contribution in [2.24, 2.45) is 29.6 Å². The summed E-state index contributed by atoms with van der Waals surface area (Å²) in [6, 6.07) is 22.8. The number of thiazole rings is 1. The zero-order valence-corrected chi connectivity index (χ0v) is 26.9. The van der Waals surface area contributed by atoms with Gasteiger partial charge in [0.2, 0.25) is 11.8 Å². The van der Waals surface area contributed by atoms with Crippen LogP contribution in [0.5, 0.6) is 5.75 Å². The molecule has 46 heavy (non-hydrogen) atoms. The molecule has 1 saturated heterocycles. The zero-order chi connectivity index (χ0) is 31.7. The largest absolute Gasteiger partial charge is 0.489 e. The number of nitrogens with zero attached hydrogens (tertiary/aromatic N) is 1. The third-order valence-corrected chi connectivity index (χ3v) is 12.7. The SMILES string of the molecule is CCOC(=O)c1ccc(N2C(=O)C3C(C2=O)[C@@H]2C[C@H]3C3Sc4[nH]c(=O)sc4C(c4ccccc4OCc4cccc(C)c4)C32)cc1. The quantitative estimate of drug-likeness (QED) is 0.188. The number of anilines is 1. The summed E-state index contributed by atoms with van der Waals surface area (Å²) in [5.74, 6) is -0.957. The first-order valence-electron chi connectivity index (χ1n) is 15.7. The summed E-state index contributed by atoms with van der Waals surface area (Å²) in [4.78, 5) is 58.4. The summed E-state index contributed by atoms with van der Waals surface area (Å²) in [7, 11) is 0. The highest BCUT2D eigenvalue weighted by Gasteiger charge is 2.69. The summed E-state index contributed by atoms with van der Waals surface area (Å²) < 4.78 is 11.6.